The minimum atomic E-state index is -0.401. The van der Waals surface area contributed by atoms with Gasteiger partial charge in [-0.1, -0.05) is 18.5 Å². The van der Waals surface area contributed by atoms with Gasteiger partial charge in [-0.25, -0.2) is 4.39 Å². The summed E-state index contributed by atoms with van der Waals surface area (Å²) in [5.74, 6) is -0.398. The molecule has 2 rings (SSSR count). The Labute approximate surface area is 136 Å². The highest BCUT2D eigenvalue weighted by molar-refractivity contribution is 6.32. The van der Waals surface area contributed by atoms with E-state index in [2.05, 4.69) is 10.2 Å². The van der Waals surface area contributed by atoms with Gasteiger partial charge in [0.2, 0.25) is 0 Å². The zero-order valence-electron chi connectivity index (χ0n) is 11.2. The third-order valence-electron chi connectivity index (χ3n) is 3.40. The lowest BCUT2D eigenvalue weighted by Crippen LogP contribution is -2.45. The van der Waals surface area contributed by atoms with Gasteiger partial charge >= 0.3 is 0 Å². The first kappa shape index (κ1) is 19.7. The molecule has 1 heterocycles. The van der Waals surface area contributed by atoms with Gasteiger partial charge in [0.1, 0.15) is 11.6 Å². The number of piperazine rings is 1. The molecule has 1 aromatic carbocycles. The number of rotatable bonds is 3. The number of phenols is 1. The maximum atomic E-state index is 13.4. The molecule has 0 amide bonds. The first-order valence-corrected chi connectivity index (χ1v) is 6.64. The summed E-state index contributed by atoms with van der Waals surface area (Å²) in [5, 5.41) is 13.4. The molecule has 0 aliphatic carbocycles. The van der Waals surface area contributed by atoms with Crippen LogP contribution in [0.5, 0.6) is 5.75 Å². The largest absolute Gasteiger partial charge is 0.506 e. The Kier molecular flexibility index (Phi) is 8.79. The van der Waals surface area contributed by atoms with Gasteiger partial charge in [0, 0.05) is 37.8 Å². The fourth-order valence-electron chi connectivity index (χ4n) is 2.51. The van der Waals surface area contributed by atoms with Crippen LogP contribution in [0.2, 0.25) is 5.02 Å². The van der Waals surface area contributed by atoms with Crippen LogP contribution in [0.1, 0.15) is 24.9 Å². The van der Waals surface area contributed by atoms with Crippen molar-refractivity contribution in [2.45, 2.75) is 19.4 Å². The van der Waals surface area contributed by atoms with Gasteiger partial charge in [0.15, 0.2) is 0 Å². The molecule has 1 fully saturated rings. The monoisotopic (exact) mass is 344 g/mol. The molecule has 0 radical (unpaired) electrons. The molecule has 0 aromatic heterocycles. The number of hydrogen-bond acceptors (Lipinski definition) is 3. The Morgan fingerprint density at radius 3 is 2.50 bits per heavy atom. The number of hydrogen-bond donors (Lipinski definition) is 2. The van der Waals surface area contributed by atoms with Crippen LogP contribution >= 0.6 is 36.4 Å². The van der Waals surface area contributed by atoms with Crippen LogP contribution in [0, 0.1) is 5.82 Å². The van der Waals surface area contributed by atoms with Crippen molar-refractivity contribution in [2.24, 2.45) is 0 Å². The molecule has 0 saturated carbocycles. The van der Waals surface area contributed by atoms with Crippen molar-refractivity contribution in [1.29, 1.82) is 0 Å². The second kappa shape index (κ2) is 8.90. The van der Waals surface area contributed by atoms with Crippen LogP contribution in [0.25, 0.3) is 0 Å². The maximum absolute atomic E-state index is 13.4. The fraction of sp³-hybridized carbons (Fsp3) is 0.538. The van der Waals surface area contributed by atoms with E-state index in [9.17, 15) is 9.50 Å². The van der Waals surface area contributed by atoms with Crippen LogP contribution in [0.4, 0.5) is 4.39 Å². The average molecular weight is 346 g/mol. The number of aromatic hydroxyl groups is 1. The Morgan fingerprint density at radius 1 is 1.35 bits per heavy atom. The van der Waals surface area contributed by atoms with Crippen molar-refractivity contribution in [3.05, 3.63) is 28.5 Å². The van der Waals surface area contributed by atoms with Gasteiger partial charge in [-0.3, -0.25) is 4.90 Å². The highest BCUT2D eigenvalue weighted by Crippen LogP contribution is 2.36. The zero-order valence-corrected chi connectivity index (χ0v) is 13.6. The SMILES string of the molecule is CC[C@H](c1cc(F)cc(Cl)c1O)N1CCNCC1.Cl.Cl. The number of phenolic OH excluding ortho intramolecular Hbond substituents is 1. The minimum Gasteiger partial charge on any atom is -0.506 e. The highest BCUT2D eigenvalue weighted by atomic mass is 35.5. The Morgan fingerprint density at radius 2 is 1.95 bits per heavy atom. The van der Waals surface area contributed by atoms with E-state index in [-0.39, 0.29) is 41.6 Å². The smallest absolute Gasteiger partial charge is 0.139 e. The topological polar surface area (TPSA) is 35.5 Å². The molecule has 0 bridgehead atoms. The molecule has 1 aromatic rings. The third kappa shape index (κ3) is 4.37. The summed E-state index contributed by atoms with van der Waals surface area (Å²) < 4.78 is 13.4. The van der Waals surface area contributed by atoms with Crippen LogP contribution < -0.4 is 5.32 Å². The normalized spacial score (nSPS) is 16.9. The lowest BCUT2D eigenvalue weighted by molar-refractivity contribution is 0.166. The van der Waals surface area contributed by atoms with E-state index in [1.807, 2.05) is 6.92 Å². The predicted molar refractivity (Wildman–Crippen MR) is 85.0 cm³/mol. The van der Waals surface area contributed by atoms with E-state index >= 15 is 0 Å². The molecule has 1 saturated heterocycles. The van der Waals surface area contributed by atoms with Gasteiger partial charge in [0.05, 0.1) is 5.02 Å². The molecule has 116 valence electrons. The average Bonchev–Trinajstić information content (AvgIpc) is 2.37. The standard InChI is InChI=1S/C13H18ClFN2O.2ClH/c1-2-12(17-5-3-16-4-6-17)10-7-9(15)8-11(14)13(10)18;;/h7-8,12,16,18H,2-6H2,1H3;2*1H/t12-;;/m1../s1. The summed E-state index contributed by atoms with van der Waals surface area (Å²) >= 11 is 5.84. The molecule has 1 aliphatic rings. The maximum Gasteiger partial charge on any atom is 0.139 e. The van der Waals surface area contributed by atoms with E-state index in [4.69, 9.17) is 11.6 Å². The van der Waals surface area contributed by atoms with Gasteiger partial charge in [-0.15, -0.1) is 24.8 Å². The van der Waals surface area contributed by atoms with Crippen molar-refractivity contribution in [2.75, 3.05) is 26.2 Å². The molecule has 2 N–H and O–H groups in total. The molecule has 0 unspecified atom stereocenters. The molecule has 0 spiro atoms. The lowest BCUT2D eigenvalue weighted by atomic mass is 10.0. The fourth-order valence-corrected chi connectivity index (χ4v) is 2.72. The second-order valence-corrected chi connectivity index (χ2v) is 4.94. The Hall–Kier alpha value is -0.260. The van der Waals surface area contributed by atoms with Crippen molar-refractivity contribution in [1.82, 2.24) is 10.2 Å². The van der Waals surface area contributed by atoms with Crippen LogP contribution in [-0.4, -0.2) is 36.2 Å². The van der Waals surface area contributed by atoms with Crippen molar-refractivity contribution in [3.8, 4) is 5.75 Å². The molecule has 1 aliphatic heterocycles. The molecule has 3 nitrogen and oxygen atoms in total. The van der Waals surface area contributed by atoms with Gasteiger partial charge in [0.25, 0.3) is 0 Å². The molecule has 1 atom stereocenters. The van der Waals surface area contributed by atoms with Gasteiger partial charge < -0.3 is 10.4 Å². The molecule has 20 heavy (non-hydrogen) atoms. The number of halogens is 4. The quantitative estimate of drug-likeness (QED) is 0.881. The molecular weight excluding hydrogens is 326 g/mol. The van der Waals surface area contributed by atoms with E-state index in [0.29, 0.717) is 5.56 Å². The summed E-state index contributed by atoms with van der Waals surface area (Å²) in [5.41, 5.74) is 0.587. The highest BCUT2D eigenvalue weighted by Gasteiger charge is 2.24. The van der Waals surface area contributed by atoms with E-state index < -0.39 is 5.82 Å². The Balaban J connectivity index is 0.00000180. The zero-order chi connectivity index (χ0) is 13.1. The summed E-state index contributed by atoms with van der Waals surface area (Å²) in [6.07, 6.45) is 0.813. The number of nitrogens with zero attached hydrogens (tertiary/aromatic N) is 1. The first-order chi connectivity index (χ1) is 8.63. The van der Waals surface area contributed by atoms with Crippen LogP contribution in [-0.2, 0) is 0 Å². The number of benzene rings is 1. The van der Waals surface area contributed by atoms with Crippen LogP contribution in [0.3, 0.4) is 0 Å². The summed E-state index contributed by atoms with van der Waals surface area (Å²) in [4.78, 5) is 2.25. The van der Waals surface area contributed by atoms with Gasteiger partial charge in [-0.2, -0.15) is 0 Å². The summed E-state index contributed by atoms with van der Waals surface area (Å²) in [6, 6.07) is 2.54. The minimum absolute atomic E-state index is 0. The molecule has 7 heteroatoms. The van der Waals surface area contributed by atoms with Crippen molar-refractivity contribution < 1.29 is 9.50 Å². The summed E-state index contributed by atoms with van der Waals surface area (Å²) in [7, 11) is 0. The van der Waals surface area contributed by atoms with Crippen molar-refractivity contribution in [3.63, 3.8) is 0 Å². The van der Waals surface area contributed by atoms with E-state index in [1.165, 1.54) is 6.07 Å². The second-order valence-electron chi connectivity index (χ2n) is 4.54. The third-order valence-corrected chi connectivity index (χ3v) is 3.68. The predicted octanol–water partition coefficient (Wildman–Crippen LogP) is 3.38. The Bertz CT molecular complexity index is 428. The first-order valence-electron chi connectivity index (χ1n) is 6.26. The molecular formula is C13H20Cl3FN2O. The van der Waals surface area contributed by atoms with Gasteiger partial charge in [-0.05, 0) is 18.6 Å². The van der Waals surface area contributed by atoms with Crippen molar-refractivity contribution >= 4 is 36.4 Å². The van der Waals surface area contributed by atoms with Crippen LogP contribution in [0.15, 0.2) is 12.1 Å². The summed E-state index contributed by atoms with van der Waals surface area (Å²) in [6.45, 7) is 5.66. The van der Waals surface area contributed by atoms with E-state index in [0.717, 1.165) is 38.7 Å². The van der Waals surface area contributed by atoms with E-state index in [1.54, 1.807) is 0 Å². The lowest BCUT2D eigenvalue weighted by Gasteiger charge is -2.35. The number of nitrogens with one attached hydrogen (secondary N) is 1.